The van der Waals surface area contributed by atoms with Gasteiger partial charge in [-0.3, -0.25) is 4.90 Å². The first-order valence-corrected chi connectivity index (χ1v) is 6.66. The minimum absolute atomic E-state index is 0.0692. The summed E-state index contributed by atoms with van der Waals surface area (Å²) in [5.74, 6) is 0.180. The summed E-state index contributed by atoms with van der Waals surface area (Å²) in [6.45, 7) is 2.68. The van der Waals surface area contributed by atoms with E-state index in [0.29, 0.717) is 13.1 Å². The average molecular weight is 272 g/mol. The van der Waals surface area contributed by atoms with Crippen molar-refractivity contribution in [2.75, 3.05) is 13.1 Å². The molecular weight excluding hydrogens is 252 g/mol. The smallest absolute Gasteiger partial charge is 0.123 e. The highest BCUT2D eigenvalue weighted by molar-refractivity contribution is 5.38. The van der Waals surface area contributed by atoms with Crippen molar-refractivity contribution in [1.82, 2.24) is 4.90 Å². The van der Waals surface area contributed by atoms with Crippen LogP contribution in [-0.4, -0.2) is 28.2 Å². The Labute approximate surface area is 119 Å². The zero-order chi connectivity index (χ0) is 14.4. The molecule has 0 radical (unpaired) electrons. The number of benzene rings is 2. The van der Waals surface area contributed by atoms with Crippen LogP contribution in [0.2, 0.25) is 0 Å². The Bertz CT molecular complexity index is 543. The lowest BCUT2D eigenvalue weighted by atomic mass is 10.1. The molecule has 0 bridgehead atoms. The van der Waals surface area contributed by atoms with Crippen LogP contribution in [0.3, 0.4) is 0 Å². The third-order valence-corrected chi connectivity index (χ3v) is 3.16. The maximum Gasteiger partial charge on any atom is 0.123 e. The summed E-state index contributed by atoms with van der Waals surface area (Å²) in [7, 11) is 0. The van der Waals surface area contributed by atoms with Crippen LogP contribution in [0.15, 0.2) is 48.5 Å². The SMILES string of the molecule is NCCN(Cc1ccccc1)Cc1ccc(O)cc1O. The molecule has 106 valence electrons. The van der Waals surface area contributed by atoms with Crippen LogP contribution in [0.25, 0.3) is 0 Å². The highest BCUT2D eigenvalue weighted by Gasteiger charge is 2.09. The van der Waals surface area contributed by atoms with Gasteiger partial charge in [0.15, 0.2) is 0 Å². The van der Waals surface area contributed by atoms with Gasteiger partial charge in [0.25, 0.3) is 0 Å². The molecule has 0 amide bonds. The van der Waals surface area contributed by atoms with Crippen molar-refractivity contribution < 1.29 is 10.2 Å². The van der Waals surface area contributed by atoms with Crippen molar-refractivity contribution in [2.24, 2.45) is 5.73 Å². The fraction of sp³-hybridized carbons (Fsp3) is 0.250. The largest absolute Gasteiger partial charge is 0.508 e. The fourth-order valence-corrected chi connectivity index (χ4v) is 2.17. The molecule has 4 nitrogen and oxygen atoms in total. The molecule has 4 N–H and O–H groups in total. The summed E-state index contributed by atoms with van der Waals surface area (Å²) in [5, 5.41) is 19.2. The van der Waals surface area contributed by atoms with E-state index in [1.807, 2.05) is 18.2 Å². The quantitative estimate of drug-likeness (QED) is 0.753. The zero-order valence-corrected chi connectivity index (χ0v) is 11.4. The van der Waals surface area contributed by atoms with E-state index < -0.39 is 0 Å². The first kappa shape index (κ1) is 14.4. The normalized spacial score (nSPS) is 10.9. The van der Waals surface area contributed by atoms with Crippen LogP contribution in [0.4, 0.5) is 0 Å². The number of nitrogens with two attached hydrogens (primary N) is 1. The van der Waals surface area contributed by atoms with E-state index in [-0.39, 0.29) is 11.5 Å². The first-order chi connectivity index (χ1) is 9.69. The number of phenols is 2. The topological polar surface area (TPSA) is 69.7 Å². The van der Waals surface area contributed by atoms with Gasteiger partial charge in [0.2, 0.25) is 0 Å². The third kappa shape index (κ3) is 3.98. The number of nitrogens with zero attached hydrogens (tertiary/aromatic N) is 1. The molecule has 0 aliphatic carbocycles. The molecule has 2 aromatic rings. The number of hydrogen-bond donors (Lipinski definition) is 3. The van der Waals surface area contributed by atoms with Gasteiger partial charge in [0, 0.05) is 37.8 Å². The van der Waals surface area contributed by atoms with Gasteiger partial charge in [-0.05, 0) is 11.6 Å². The lowest BCUT2D eigenvalue weighted by molar-refractivity contribution is 0.260. The Kier molecular flexibility index (Phi) is 4.98. The molecule has 0 unspecified atom stereocenters. The maximum absolute atomic E-state index is 9.86. The Morgan fingerprint density at radius 1 is 0.950 bits per heavy atom. The van der Waals surface area contributed by atoms with Gasteiger partial charge in [-0.2, -0.15) is 0 Å². The molecule has 0 aliphatic heterocycles. The molecule has 0 spiro atoms. The van der Waals surface area contributed by atoms with E-state index >= 15 is 0 Å². The first-order valence-electron chi connectivity index (χ1n) is 6.66. The lowest BCUT2D eigenvalue weighted by Crippen LogP contribution is -2.28. The third-order valence-electron chi connectivity index (χ3n) is 3.16. The molecule has 2 rings (SSSR count). The zero-order valence-electron chi connectivity index (χ0n) is 11.4. The van der Waals surface area contributed by atoms with Crippen molar-refractivity contribution in [3.05, 3.63) is 59.7 Å². The Balaban J connectivity index is 2.09. The van der Waals surface area contributed by atoms with Crippen LogP contribution in [0.5, 0.6) is 11.5 Å². The van der Waals surface area contributed by atoms with Gasteiger partial charge >= 0.3 is 0 Å². The number of rotatable bonds is 6. The van der Waals surface area contributed by atoms with Crippen LogP contribution >= 0.6 is 0 Å². The number of phenolic OH excluding ortho intramolecular Hbond substituents is 2. The lowest BCUT2D eigenvalue weighted by Gasteiger charge is -2.22. The predicted octanol–water partition coefficient (Wildman–Crippen LogP) is 2.06. The van der Waals surface area contributed by atoms with Crippen LogP contribution in [0, 0.1) is 0 Å². The van der Waals surface area contributed by atoms with Gasteiger partial charge in [-0.15, -0.1) is 0 Å². The maximum atomic E-state index is 9.86. The van der Waals surface area contributed by atoms with Crippen molar-refractivity contribution in [3.63, 3.8) is 0 Å². The van der Waals surface area contributed by atoms with E-state index in [0.717, 1.165) is 18.7 Å². The van der Waals surface area contributed by atoms with Gasteiger partial charge in [0.05, 0.1) is 0 Å². The van der Waals surface area contributed by atoms with Crippen LogP contribution in [0.1, 0.15) is 11.1 Å². The van der Waals surface area contributed by atoms with Gasteiger partial charge in [-0.1, -0.05) is 36.4 Å². The Morgan fingerprint density at radius 3 is 2.35 bits per heavy atom. The van der Waals surface area contributed by atoms with Crippen LogP contribution < -0.4 is 5.73 Å². The standard InChI is InChI=1S/C16H20N2O2/c17-8-9-18(11-13-4-2-1-3-5-13)12-14-6-7-15(19)10-16(14)20/h1-7,10,19-20H,8-9,11-12,17H2. The van der Waals surface area contributed by atoms with Crippen molar-refractivity contribution in [1.29, 1.82) is 0 Å². The van der Waals surface area contributed by atoms with Gasteiger partial charge in [-0.25, -0.2) is 0 Å². The summed E-state index contributed by atoms with van der Waals surface area (Å²) in [5.41, 5.74) is 7.65. The van der Waals surface area contributed by atoms with E-state index in [4.69, 9.17) is 5.73 Å². The summed E-state index contributed by atoms with van der Waals surface area (Å²) in [4.78, 5) is 2.17. The van der Waals surface area contributed by atoms with E-state index in [9.17, 15) is 10.2 Å². The second-order valence-corrected chi connectivity index (χ2v) is 4.80. The molecule has 0 aromatic heterocycles. The highest BCUT2D eigenvalue weighted by atomic mass is 16.3. The fourth-order valence-electron chi connectivity index (χ4n) is 2.17. The molecule has 0 atom stereocenters. The molecule has 0 aliphatic rings. The van der Waals surface area contributed by atoms with Gasteiger partial charge < -0.3 is 15.9 Å². The summed E-state index contributed by atoms with van der Waals surface area (Å²) >= 11 is 0. The molecule has 0 saturated heterocycles. The van der Waals surface area contributed by atoms with Gasteiger partial charge in [0.1, 0.15) is 11.5 Å². The summed E-state index contributed by atoms with van der Waals surface area (Å²) < 4.78 is 0. The average Bonchev–Trinajstić information content (AvgIpc) is 2.43. The van der Waals surface area contributed by atoms with Crippen molar-refractivity contribution >= 4 is 0 Å². The summed E-state index contributed by atoms with van der Waals surface area (Å²) in [6.07, 6.45) is 0. The Hall–Kier alpha value is -2.04. The number of aromatic hydroxyl groups is 2. The second kappa shape index (κ2) is 6.93. The monoisotopic (exact) mass is 272 g/mol. The van der Waals surface area contributed by atoms with Crippen molar-refractivity contribution in [3.8, 4) is 11.5 Å². The highest BCUT2D eigenvalue weighted by Crippen LogP contribution is 2.24. The van der Waals surface area contributed by atoms with Crippen LogP contribution in [-0.2, 0) is 13.1 Å². The van der Waals surface area contributed by atoms with E-state index in [2.05, 4.69) is 17.0 Å². The molecule has 2 aromatic carbocycles. The Morgan fingerprint density at radius 2 is 1.70 bits per heavy atom. The minimum Gasteiger partial charge on any atom is -0.508 e. The predicted molar refractivity (Wildman–Crippen MR) is 79.4 cm³/mol. The summed E-state index contributed by atoms with van der Waals surface area (Å²) in [6, 6.07) is 14.8. The van der Waals surface area contributed by atoms with E-state index in [1.54, 1.807) is 12.1 Å². The molecule has 0 fully saturated rings. The van der Waals surface area contributed by atoms with E-state index in [1.165, 1.54) is 11.6 Å². The second-order valence-electron chi connectivity index (χ2n) is 4.80. The molecule has 4 heteroatoms. The minimum atomic E-state index is 0.0692. The van der Waals surface area contributed by atoms with Crippen molar-refractivity contribution in [2.45, 2.75) is 13.1 Å². The number of hydrogen-bond acceptors (Lipinski definition) is 4. The molecule has 0 saturated carbocycles. The molecular formula is C16H20N2O2. The molecule has 20 heavy (non-hydrogen) atoms. The molecule has 0 heterocycles.